The number of pyridine rings is 1. The van der Waals surface area contributed by atoms with Crippen molar-refractivity contribution in [3.05, 3.63) is 47.8 Å². The third-order valence-corrected chi connectivity index (χ3v) is 7.88. The van der Waals surface area contributed by atoms with Gasteiger partial charge in [0.1, 0.15) is 5.75 Å². The number of rotatable bonds is 5. The van der Waals surface area contributed by atoms with E-state index in [9.17, 15) is 18.0 Å². The monoisotopic (exact) mass is 458 g/mol. The van der Waals surface area contributed by atoms with Gasteiger partial charge in [0.2, 0.25) is 15.9 Å². The van der Waals surface area contributed by atoms with Gasteiger partial charge in [-0.25, -0.2) is 8.42 Å². The van der Waals surface area contributed by atoms with Crippen molar-refractivity contribution in [2.45, 2.75) is 44.2 Å². The van der Waals surface area contributed by atoms with Crippen LogP contribution in [0.2, 0.25) is 0 Å². The molecule has 2 aliphatic heterocycles. The lowest BCUT2D eigenvalue weighted by atomic mass is 9.97. The number of hydrogen-bond donors (Lipinski definition) is 2. The number of amides is 2. The number of aryl methyl sites for hydroxylation is 1. The number of nitrogens with zero attached hydrogens (tertiary/aromatic N) is 2. The van der Waals surface area contributed by atoms with Crippen molar-refractivity contribution in [2.75, 3.05) is 18.4 Å². The number of piperidine rings is 1. The topological polar surface area (TPSA) is 118 Å². The average Bonchev–Trinajstić information content (AvgIpc) is 2.79. The Hall–Kier alpha value is -2.98. The summed E-state index contributed by atoms with van der Waals surface area (Å²) >= 11 is 0. The lowest BCUT2D eigenvalue weighted by molar-refractivity contribution is -0.126. The molecule has 4 rings (SSSR count). The fourth-order valence-corrected chi connectivity index (χ4v) is 5.65. The second kappa shape index (κ2) is 8.87. The van der Waals surface area contributed by atoms with Gasteiger partial charge < -0.3 is 15.4 Å². The number of aromatic nitrogens is 1. The van der Waals surface area contributed by atoms with Gasteiger partial charge in [-0.15, -0.1) is 0 Å². The van der Waals surface area contributed by atoms with Gasteiger partial charge in [0.15, 0.2) is 6.10 Å². The highest BCUT2D eigenvalue weighted by atomic mass is 32.2. The van der Waals surface area contributed by atoms with Crippen LogP contribution in [0.4, 0.5) is 5.69 Å². The number of hydrogen-bond acceptors (Lipinski definition) is 6. The zero-order valence-electron chi connectivity index (χ0n) is 18.0. The van der Waals surface area contributed by atoms with Crippen molar-refractivity contribution in [3.8, 4) is 5.75 Å². The average molecular weight is 459 g/mol. The van der Waals surface area contributed by atoms with E-state index in [0.717, 1.165) is 5.56 Å². The minimum absolute atomic E-state index is 0.0750. The van der Waals surface area contributed by atoms with E-state index < -0.39 is 16.1 Å². The maximum atomic E-state index is 13.3. The van der Waals surface area contributed by atoms with E-state index in [1.54, 1.807) is 32.3 Å². The van der Waals surface area contributed by atoms with Gasteiger partial charge in [-0.3, -0.25) is 14.6 Å². The van der Waals surface area contributed by atoms with Crippen LogP contribution in [0.15, 0.2) is 41.6 Å². The van der Waals surface area contributed by atoms with Gasteiger partial charge in [0.25, 0.3) is 5.91 Å². The fraction of sp³-hybridized carbons (Fsp3) is 0.409. The molecule has 1 aromatic heterocycles. The number of nitrogens with one attached hydrogen (secondary N) is 2. The number of carbonyl (C=O) groups excluding carboxylic acids is 2. The summed E-state index contributed by atoms with van der Waals surface area (Å²) in [6.45, 7) is 4.22. The number of carbonyl (C=O) groups is 2. The Balaban J connectivity index is 1.41. The number of benzene rings is 1. The molecule has 1 aromatic carbocycles. The summed E-state index contributed by atoms with van der Waals surface area (Å²) in [4.78, 5) is 28.5. The molecule has 0 radical (unpaired) electrons. The van der Waals surface area contributed by atoms with Crippen LogP contribution in [0.1, 0.15) is 30.9 Å². The molecule has 0 spiro atoms. The third-order valence-electron chi connectivity index (χ3n) is 5.84. The van der Waals surface area contributed by atoms with Gasteiger partial charge in [-0.2, -0.15) is 4.31 Å². The predicted octanol–water partition coefficient (Wildman–Crippen LogP) is 1.83. The zero-order valence-corrected chi connectivity index (χ0v) is 18.8. The third kappa shape index (κ3) is 4.46. The molecule has 2 aromatic rings. The van der Waals surface area contributed by atoms with E-state index in [4.69, 9.17) is 4.74 Å². The summed E-state index contributed by atoms with van der Waals surface area (Å²) in [6.07, 6.45) is 3.58. The first kappa shape index (κ1) is 22.2. The second-order valence-electron chi connectivity index (χ2n) is 8.12. The Morgan fingerprint density at radius 2 is 2.06 bits per heavy atom. The Labute approximate surface area is 187 Å². The van der Waals surface area contributed by atoms with Crippen LogP contribution in [0.25, 0.3) is 0 Å². The summed E-state index contributed by atoms with van der Waals surface area (Å²) < 4.78 is 33.6. The van der Waals surface area contributed by atoms with Gasteiger partial charge >= 0.3 is 0 Å². The molecule has 32 heavy (non-hydrogen) atoms. The number of anilines is 1. The van der Waals surface area contributed by atoms with Gasteiger partial charge in [0, 0.05) is 44.0 Å². The summed E-state index contributed by atoms with van der Waals surface area (Å²) in [5.41, 5.74) is 1.91. The maximum Gasteiger partial charge on any atom is 0.265 e. The van der Waals surface area contributed by atoms with Gasteiger partial charge in [-0.1, -0.05) is 6.07 Å². The molecule has 170 valence electrons. The molecule has 0 aliphatic carbocycles. The van der Waals surface area contributed by atoms with Crippen LogP contribution in [0, 0.1) is 12.8 Å². The minimum Gasteiger partial charge on any atom is -0.479 e. The molecular weight excluding hydrogens is 432 g/mol. The van der Waals surface area contributed by atoms with Crippen LogP contribution < -0.4 is 15.4 Å². The summed E-state index contributed by atoms with van der Waals surface area (Å²) in [5.74, 6) is -0.238. The lowest BCUT2D eigenvalue weighted by Gasteiger charge is -2.31. The Bertz CT molecular complexity index is 1130. The Kier molecular flexibility index (Phi) is 6.16. The number of ether oxygens (including phenoxy) is 1. The minimum atomic E-state index is -3.76. The molecule has 2 N–H and O–H groups in total. The van der Waals surface area contributed by atoms with E-state index in [1.807, 2.05) is 12.1 Å². The molecular formula is C22H26N4O5S. The highest BCUT2D eigenvalue weighted by molar-refractivity contribution is 7.89. The van der Waals surface area contributed by atoms with Gasteiger partial charge in [-0.05, 0) is 49.9 Å². The molecule has 9 nitrogen and oxygen atoms in total. The zero-order chi connectivity index (χ0) is 22.9. The van der Waals surface area contributed by atoms with Crippen LogP contribution in [0.5, 0.6) is 5.75 Å². The van der Waals surface area contributed by atoms with Crippen LogP contribution in [-0.2, 0) is 26.2 Å². The second-order valence-corrected chi connectivity index (χ2v) is 10.0. The normalized spacial score (nSPS) is 19.6. The van der Waals surface area contributed by atoms with E-state index in [1.165, 1.54) is 10.4 Å². The number of fused-ring (bicyclic) bond motifs is 1. The standard InChI is InChI=1S/C22H26N4O5S/c1-14-10-18-19(31-15(2)21(27)25-18)11-20(14)32(29,30)26-8-5-17(6-9-26)22(28)24-13-16-4-3-7-23-12-16/h3-4,7,10-12,15,17H,5-6,8-9,13H2,1-2H3,(H,24,28)(H,25,27)/t15-/m1/s1. The summed E-state index contributed by atoms with van der Waals surface area (Å²) in [6, 6.07) is 6.79. The first-order chi connectivity index (χ1) is 15.3. The molecule has 2 aliphatic rings. The van der Waals surface area contributed by atoms with Gasteiger partial charge in [0.05, 0.1) is 10.6 Å². The molecule has 1 fully saturated rings. The van der Waals surface area contributed by atoms with Crippen LogP contribution in [0.3, 0.4) is 0 Å². The molecule has 2 amide bonds. The van der Waals surface area contributed by atoms with Crippen LogP contribution >= 0.6 is 0 Å². The van der Waals surface area contributed by atoms with E-state index in [0.29, 0.717) is 36.4 Å². The number of sulfonamides is 1. The predicted molar refractivity (Wildman–Crippen MR) is 117 cm³/mol. The first-order valence-corrected chi connectivity index (χ1v) is 12.0. The summed E-state index contributed by atoms with van der Waals surface area (Å²) in [5, 5.41) is 5.64. The molecule has 1 atom stereocenters. The van der Waals surface area contributed by atoms with Crippen molar-refractivity contribution in [3.63, 3.8) is 0 Å². The quantitative estimate of drug-likeness (QED) is 0.706. The Morgan fingerprint density at radius 3 is 2.75 bits per heavy atom. The Morgan fingerprint density at radius 1 is 1.31 bits per heavy atom. The molecule has 1 saturated heterocycles. The van der Waals surface area contributed by atoms with E-state index in [-0.39, 0.29) is 35.7 Å². The van der Waals surface area contributed by atoms with Crippen molar-refractivity contribution < 1.29 is 22.7 Å². The largest absolute Gasteiger partial charge is 0.479 e. The SMILES string of the molecule is Cc1cc2c(cc1S(=O)(=O)N1CCC(C(=O)NCc3cccnc3)CC1)O[C@H](C)C(=O)N2. The molecule has 0 bridgehead atoms. The van der Waals surface area contributed by atoms with Crippen molar-refractivity contribution in [2.24, 2.45) is 5.92 Å². The van der Waals surface area contributed by atoms with E-state index in [2.05, 4.69) is 15.6 Å². The molecule has 3 heterocycles. The first-order valence-electron chi connectivity index (χ1n) is 10.5. The molecule has 10 heteroatoms. The van der Waals surface area contributed by atoms with Crippen molar-refractivity contribution in [1.29, 1.82) is 0 Å². The smallest absolute Gasteiger partial charge is 0.265 e. The highest BCUT2D eigenvalue weighted by Gasteiger charge is 2.34. The highest BCUT2D eigenvalue weighted by Crippen LogP contribution is 2.36. The van der Waals surface area contributed by atoms with Crippen molar-refractivity contribution in [1.82, 2.24) is 14.6 Å². The summed E-state index contributed by atoms with van der Waals surface area (Å²) in [7, 11) is -3.76. The lowest BCUT2D eigenvalue weighted by Crippen LogP contribution is -2.43. The van der Waals surface area contributed by atoms with E-state index >= 15 is 0 Å². The molecule has 0 saturated carbocycles. The molecule has 0 unspecified atom stereocenters. The fourth-order valence-electron chi connectivity index (χ4n) is 3.95. The van der Waals surface area contributed by atoms with Crippen molar-refractivity contribution >= 4 is 27.5 Å². The maximum absolute atomic E-state index is 13.3. The van der Waals surface area contributed by atoms with Crippen LogP contribution in [-0.4, -0.2) is 48.7 Å².